The molecule has 2 heterocycles. The van der Waals surface area contributed by atoms with Gasteiger partial charge in [-0.25, -0.2) is 0 Å². The van der Waals surface area contributed by atoms with E-state index in [9.17, 15) is 4.79 Å². The highest BCUT2D eigenvalue weighted by Crippen LogP contribution is 2.21. The summed E-state index contributed by atoms with van der Waals surface area (Å²) in [6.45, 7) is 5.12. The first-order chi connectivity index (χ1) is 6.79. The molecule has 2 atom stereocenters. The van der Waals surface area contributed by atoms with Gasteiger partial charge in [-0.2, -0.15) is 0 Å². The van der Waals surface area contributed by atoms with Gasteiger partial charge in [-0.05, 0) is 39.2 Å². The first-order valence-electron chi connectivity index (χ1n) is 5.80. The molecule has 0 unspecified atom stereocenters. The molecule has 0 aromatic heterocycles. The van der Waals surface area contributed by atoms with Crippen molar-refractivity contribution in [1.29, 1.82) is 0 Å². The van der Waals surface area contributed by atoms with E-state index in [0.29, 0.717) is 11.9 Å². The summed E-state index contributed by atoms with van der Waals surface area (Å²) < 4.78 is 0. The van der Waals surface area contributed by atoms with Crippen LogP contribution in [0.2, 0.25) is 0 Å². The molecule has 0 radical (unpaired) electrons. The van der Waals surface area contributed by atoms with Crippen LogP contribution in [0.25, 0.3) is 0 Å². The third-order valence-electron chi connectivity index (χ3n) is 3.48. The van der Waals surface area contributed by atoms with Crippen LogP contribution in [0, 0.1) is 5.92 Å². The number of nitrogens with one attached hydrogen (secondary N) is 1. The van der Waals surface area contributed by atoms with E-state index in [2.05, 4.69) is 17.1 Å². The highest BCUT2D eigenvalue weighted by molar-refractivity contribution is 5.85. The van der Waals surface area contributed by atoms with Crippen molar-refractivity contribution in [2.24, 2.45) is 5.92 Å². The van der Waals surface area contributed by atoms with E-state index >= 15 is 0 Å². The Morgan fingerprint density at radius 1 is 1.33 bits per heavy atom. The maximum atomic E-state index is 12.1. The number of nitrogens with zero attached hydrogens (tertiary/aromatic N) is 1. The lowest BCUT2D eigenvalue weighted by atomic mass is 9.98. The van der Waals surface area contributed by atoms with E-state index in [1.54, 1.807) is 0 Å². The number of rotatable bonds is 1. The van der Waals surface area contributed by atoms with Crippen LogP contribution >= 0.6 is 12.4 Å². The molecule has 0 aromatic rings. The summed E-state index contributed by atoms with van der Waals surface area (Å²) in [7, 11) is 0. The van der Waals surface area contributed by atoms with Crippen LogP contribution in [-0.2, 0) is 4.79 Å². The fourth-order valence-electron chi connectivity index (χ4n) is 2.56. The van der Waals surface area contributed by atoms with Gasteiger partial charge in [-0.3, -0.25) is 4.79 Å². The molecule has 0 bridgehead atoms. The Balaban J connectivity index is 0.00000112. The van der Waals surface area contributed by atoms with Gasteiger partial charge in [0, 0.05) is 19.1 Å². The number of piperidine rings is 1. The fraction of sp³-hybridized carbons (Fsp3) is 0.909. The number of halogens is 1. The van der Waals surface area contributed by atoms with Gasteiger partial charge in [0.25, 0.3) is 0 Å². The average Bonchev–Trinajstić information content (AvgIpc) is 2.65. The normalized spacial score (nSPS) is 31.1. The number of carbonyl (C=O) groups is 1. The number of hydrogen-bond donors (Lipinski definition) is 1. The first kappa shape index (κ1) is 12.8. The van der Waals surface area contributed by atoms with E-state index in [0.717, 1.165) is 32.5 Å². The zero-order valence-electron chi connectivity index (χ0n) is 9.37. The van der Waals surface area contributed by atoms with Crippen molar-refractivity contribution in [1.82, 2.24) is 10.2 Å². The molecule has 2 aliphatic heterocycles. The quantitative estimate of drug-likeness (QED) is 0.742. The minimum Gasteiger partial charge on any atom is -0.340 e. The van der Waals surface area contributed by atoms with Crippen LogP contribution in [0.5, 0.6) is 0 Å². The Hall–Kier alpha value is -0.280. The second-order valence-electron chi connectivity index (χ2n) is 4.57. The van der Waals surface area contributed by atoms with E-state index < -0.39 is 0 Å². The topological polar surface area (TPSA) is 32.3 Å². The van der Waals surface area contributed by atoms with Gasteiger partial charge in [0.1, 0.15) is 0 Å². The molecular weight excluding hydrogens is 212 g/mol. The highest BCUT2D eigenvalue weighted by Gasteiger charge is 2.31. The Morgan fingerprint density at radius 2 is 2.13 bits per heavy atom. The molecule has 4 heteroatoms. The van der Waals surface area contributed by atoms with Crippen molar-refractivity contribution in [3.8, 4) is 0 Å². The molecule has 2 rings (SSSR count). The molecule has 2 saturated heterocycles. The molecule has 1 amide bonds. The van der Waals surface area contributed by atoms with Crippen molar-refractivity contribution < 1.29 is 4.79 Å². The maximum absolute atomic E-state index is 12.1. The van der Waals surface area contributed by atoms with Gasteiger partial charge >= 0.3 is 0 Å². The Morgan fingerprint density at radius 3 is 2.67 bits per heavy atom. The minimum absolute atomic E-state index is 0. The van der Waals surface area contributed by atoms with Crippen molar-refractivity contribution >= 4 is 18.3 Å². The average molecular weight is 233 g/mol. The van der Waals surface area contributed by atoms with Gasteiger partial charge in [0.15, 0.2) is 0 Å². The summed E-state index contributed by atoms with van der Waals surface area (Å²) in [4.78, 5) is 14.2. The van der Waals surface area contributed by atoms with Gasteiger partial charge in [0.05, 0.1) is 5.92 Å². The number of hydrogen-bond acceptors (Lipinski definition) is 2. The number of amides is 1. The maximum Gasteiger partial charge on any atom is 0.227 e. The molecule has 15 heavy (non-hydrogen) atoms. The summed E-state index contributed by atoms with van der Waals surface area (Å²) in [6.07, 6.45) is 4.60. The lowest BCUT2D eigenvalue weighted by molar-refractivity contribution is -0.136. The molecule has 2 aliphatic rings. The SMILES string of the molecule is C[C@@H]1CCCN1C(=O)[C@@H]1CCCNC1.Cl. The first-order valence-corrected chi connectivity index (χ1v) is 5.80. The fourth-order valence-corrected chi connectivity index (χ4v) is 2.56. The Kier molecular flexibility index (Phi) is 4.87. The van der Waals surface area contributed by atoms with Crippen LogP contribution in [0.4, 0.5) is 0 Å². The number of carbonyl (C=O) groups excluding carboxylic acids is 1. The Labute approximate surface area is 98.0 Å². The van der Waals surface area contributed by atoms with Gasteiger partial charge in [-0.1, -0.05) is 0 Å². The minimum atomic E-state index is 0. The summed E-state index contributed by atoms with van der Waals surface area (Å²) in [6, 6.07) is 0.476. The molecule has 0 aromatic carbocycles. The van der Waals surface area contributed by atoms with Crippen molar-refractivity contribution in [2.75, 3.05) is 19.6 Å². The summed E-state index contributed by atoms with van der Waals surface area (Å²) in [5, 5.41) is 3.31. The van der Waals surface area contributed by atoms with E-state index in [4.69, 9.17) is 0 Å². The van der Waals surface area contributed by atoms with Gasteiger partial charge in [-0.15, -0.1) is 12.4 Å². The molecular formula is C11H21ClN2O. The predicted octanol–water partition coefficient (Wildman–Crippen LogP) is 1.42. The Bertz CT molecular complexity index is 217. The standard InChI is InChI=1S/C11H20N2O.ClH/c1-9-4-3-7-13(9)11(14)10-5-2-6-12-8-10;/h9-10,12H,2-8H2,1H3;1H/t9-,10-;/m1./s1. The van der Waals surface area contributed by atoms with E-state index in [-0.39, 0.29) is 18.3 Å². The summed E-state index contributed by atoms with van der Waals surface area (Å²) >= 11 is 0. The molecule has 88 valence electrons. The zero-order chi connectivity index (χ0) is 9.97. The van der Waals surface area contributed by atoms with Crippen LogP contribution in [0.3, 0.4) is 0 Å². The molecule has 0 spiro atoms. The van der Waals surface area contributed by atoms with Crippen LogP contribution in [-0.4, -0.2) is 36.5 Å². The van der Waals surface area contributed by atoms with Crippen molar-refractivity contribution in [3.63, 3.8) is 0 Å². The van der Waals surface area contributed by atoms with Crippen LogP contribution in [0.1, 0.15) is 32.6 Å². The second-order valence-corrected chi connectivity index (χ2v) is 4.57. The largest absolute Gasteiger partial charge is 0.340 e. The third-order valence-corrected chi connectivity index (χ3v) is 3.48. The van der Waals surface area contributed by atoms with Gasteiger partial charge < -0.3 is 10.2 Å². The summed E-state index contributed by atoms with van der Waals surface area (Å²) in [5.41, 5.74) is 0. The molecule has 3 nitrogen and oxygen atoms in total. The monoisotopic (exact) mass is 232 g/mol. The summed E-state index contributed by atoms with van der Waals surface area (Å²) in [5.74, 6) is 0.645. The highest BCUT2D eigenvalue weighted by atomic mass is 35.5. The predicted molar refractivity (Wildman–Crippen MR) is 63.3 cm³/mol. The lowest BCUT2D eigenvalue weighted by Crippen LogP contribution is -2.44. The second kappa shape index (κ2) is 5.71. The van der Waals surface area contributed by atoms with Crippen molar-refractivity contribution in [2.45, 2.75) is 38.6 Å². The molecule has 0 saturated carbocycles. The van der Waals surface area contributed by atoms with Crippen molar-refractivity contribution in [3.05, 3.63) is 0 Å². The molecule has 1 N–H and O–H groups in total. The number of likely N-dealkylation sites (tertiary alicyclic amines) is 1. The van der Waals surface area contributed by atoms with Crippen LogP contribution < -0.4 is 5.32 Å². The molecule has 0 aliphatic carbocycles. The van der Waals surface area contributed by atoms with E-state index in [1.165, 1.54) is 12.8 Å². The molecule has 2 fully saturated rings. The smallest absolute Gasteiger partial charge is 0.227 e. The van der Waals surface area contributed by atoms with E-state index in [1.807, 2.05) is 0 Å². The lowest BCUT2D eigenvalue weighted by Gasteiger charge is -2.29. The zero-order valence-corrected chi connectivity index (χ0v) is 10.2. The van der Waals surface area contributed by atoms with Crippen LogP contribution in [0.15, 0.2) is 0 Å². The van der Waals surface area contributed by atoms with Gasteiger partial charge in [0.2, 0.25) is 5.91 Å². The third kappa shape index (κ3) is 2.85.